The molecule has 0 saturated carbocycles. The highest BCUT2D eigenvalue weighted by Gasteiger charge is 2.25. The zero-order valence-corrected chi connectivity index (χ0v) is 14.0. The molecule has 0 saturated heterocycles. The minimum atomic E-state index is 0.179. The average Bonchev–Trinajstić information content (AvgIpc) is 2.23. The zero-order chi connectivity index (χ0) is 14.8. The number of hydrogen-bond donors (Lipinski definition) is 1. The molecule has 0 aliphatic carbocycles. The van der Waals surface area contributed by atoms with E-state index in [2.05, 4.69) is 78.9 Å². The highest BCUT2D eigenvalue weighted by Crippen LogP contribution is 2.35. The van der Waals surface area contributed by atoms with Crippen molar-refractivity contribution in [3.8, 4) is 0 Å². The average molecular weight is 261 g/mol. The van der Waals surface area contributed by atoms with Gasteiger partial charge in [-0.25, -0.2) is 0 Å². The quantitative estimate of drug-likeness (QED) is 0.773. The van der Waals surface area contributed by atoms with Crippen LogP contribution in [0.1, 0.15) is 66.5 Å². The fourth-order valence-corrected chi connectivity index (χ4v) is 2.25. The van der Waals surface area contributed by atoms with E-state index in [4.69, 9.17) is 0 Å². The summed E-state index contributed by atoms with van der Waals surface area (Å²) in [5, 5.41) is 3.54. The summed E-state index contributed by atoms with van der Waals surface area (Å²) < 4.78 is 0. The van der Waals surface area contributed by atoms with Gasteiger partial charge in [-0.3, -0.25) is 0 Å². The van der Waals surface area contributed by atoms with Crippen molar-refractivity contribution in [2.75, 3.05) is 11.9 Å². The molecule has 0 aliphatic heterocycles. The van der Waals surface area contributed by atoms with Crippen LogP contribution < -0.4 is 5.32 Å². The maximum atomic E-state index is 3.54. The first-order valence-corrected chi connectivity index (χ1v) is 7.40. The van der Waals surface area contributed by atoms with Crippen LogP contribution in [-0.2, 0) is 10.8 Å². The van der Waals surface area contributed by atoms with Crippen molar-refractivity contribution < 1.29 is 0 Å². The Balaban J connectivity index is 3.17. The molecular weight excluding hydrogens is 230 g/mol. The van der Waals surface area contributed by atoms with Crippen LogP contribution in [0.3, 0.4) is 0 Å². The second-order valence-electron chi connectivity index (χ2n) is 8.04. The van der Waals surface area contributed by atoms with Gasteiger partial charge in [0.25, 0.3) is 0 Å². The van der Waals surface area contributed by atoms with E-state index in [1.165, 1.54) is 16.8 Å². The Morgan fingerprint density at radius 2 is 1.42 bits per heavy atom. The third-order valence-electron chi connectivity index (χ3n) is 3.35. The molecule has 0 radical (unpaired) electrons. The van der Waals surface area contributed by atoms with E-state index in [1.54, 1.807) is 0 Å². The van der Waals surface area contributed by atoms with E-state index in [9.17, 15) is 0 Å². The SMILES string of the molecule is CC(C)CNc1ccc(C(C)(C)C)c(C(C)(C)C)c1. The molecular formula is C18H31N. The Hall–Kier alpha value is -0.980. The van der Waals surface area contributed by atoms with Crippen molar-refractivity contribution in [3.63, 3.8) is 0 Å². The molecule has 108 valence electrons. The Morgan fingerprint density at radius 3 is 1.84 bits per heavy atom. The molecule has 0 bridgehead atoms. The monoisotopic (exact) mass is 261 g/mol. The minimum Gasteiger partial charge on any atom is -0.385 e. The lowest BCUT2D eigenvalue weighted by atomic mass is 9.75. The van der Waals surface area contributed by atoms with Crippen LogP contribution >= 0.6 is 0 Å². The maximum Gasteiger partial charge on any atom is 0.0343 e. The van der Waals surface area contributed by atoms with Gasteiger partial charge in [-0.15, -0.1) is 0 Å². The summed E-state index contributed by atoms with van der Waals surface area (Å²) >= 11 is 0. The highest BCUT2D eigenvalue weighted by molar-refractivity contribution is 5.52. The summed E-state index contributed by atoms with van der Waals surface area (Å²) in [4.78, 5) is 0. The largest absolute Gasteiger partial charge is 0.385 e. The third-order valence-corrected chi connectivity index (χ3v) is 3.35. The summed E-state index contributed by atoms with van der Waals surface area (Å²) in [5.74, 6) is 0.667. The predicted octanol–water partition coefficient (Wildman–Crippen LogP) is 5.35. The van der Waals surface area contributed by atoms with E-state index in [0.717, 1.165) is 6.54 Å². The lowest BCUT2D eigenvalue weighted by Gasteiger charge is -2.30. The third kappa shape index (κ3) is 4.56. The van der Waals surface area contributed by atoms with Crippen molar-refractivity contribution in [2.24, 2.45) is 5.92 Å². The number of hydrogen-bond acceptors (Lipinski definition) is 1. The fourth-order valence-electron chi connectivity index (χ4n) is 2.25. The summed E-state index contributed by atoms with van der Waals surface area (Å²) in [7, 11) is 0. The van der Waals surface area contributed by atoms with E-state index >= 15 is 0 Å². The molecule has 0 unspecified atom stereocenters. The first kappa shape index (κ1) is 16.1. The molecule has 19 heavy (non-hydrogen) atoms. The molecule has 0 fully saturated rings. The normalized spacial score (nSPS) is 12.9. The molecule has 0 aromatic heterocycles. The second kappa shape index (κ2) is 5.56. The Morgan fingerprint density at radius 1 is 0.895 bits per heavy atom. The molecule has 1 rings (SSSR count). The molecule has 1 nitrogen and oxygen atoms in total. The second-order valence-corrected chi connectivity index (χ2v) is 8.04. The first-order valence-electron chi connectivity index (χ1n) is 7.40. The van der Waals surface area contributed by atoms with Crippen molar-refractivity contribution in [1.82, 2.24) is 0 Å². The van der Waals surface area contributed by atoms with Crippen LogP contribution in [0, 0.1) is 5.92 Å². The summed E-state index contributed by atoms with van der Waals surface area (Å²) in [5.41, 5.74) is 4.52. The summed E-state index contributed by atoms with van der Waals surface area (Å²) in [6.07, 6.45) is 0. The minimum absolute atomic E-state index is 0.179. The van der Waals surface area contributed by atoms with Gasteiger partial charge >= 0.3 is 0 Å². The molecule has 0 aliphatic rings. The molecule has 1 aromatic carbocycles. The Kier molecular flexibility index (Phi) is 4.71. The van der Waals surface area contributed by atoms with E-state index in [-0.39, 0.29) is 10.8 Å². The molecule has 1 aromatic rings. The Bertz CT molecular complexity index is 416. The standard InChI is InChI=1S/C18H31N/c1-13(2)12-19-14-9-10-15(17(3,4)5)16(11-14)18(6,7)8/h9-11,13,19H,12H2,1-8H3. The van der Waals surface area contributed by atoms with Crippen LogP contribution in [0.5, 0.6) is 0 Å². The van der Waals surface area contributed by atoms with Crippen LogP contribution in [0.15, 0.2) is 18.2 Å². The van der Waals surface area contributed by atoms with Crippen LogP contribution in [0.2, 0.25) is 0 Å². The lowest BCUT2D eigenvalue weighted by Crippen LogP contribution is -2.22. The van der Waals surface area contributed by atoms with Gasteiger partial charge < -0.3 is 5.32 Å². The zero-order valence-electron chi connectivity index (χ0n) is 14.0. The van der Waals surface area contributed by atoms with Crippen molar-refractivity contribution >= 4 is 5.69 Å². The topological polar surface area (TPSA) is 12.0 Å². The van der Waals surface area contributed by atoms with Gasteiger partial charge in [-0.05, 0) is 40.0 Å². The molecule has 0 spiro atoms. The van der Waals surface area contributed by atoms with Gasteiger partial charge in [-0.2, -0.15) is 0 Å². The smallest absolute Gasteiger partial charge is 0.0343 e. The van der Waals surface area contributed by atoms with Gasteiger partial charge in [-0.1, -0.05) is 61.5 Å². The van der Waals surface area contributed by atoms with Gasteiger partial charge in [0.05, 0.1) is 0 Å². The van der Waals surface area contributed by atoms with Crippen molar-refractivity contribution in [3.05, 3.63) is 29.3 Å². The van der Waals surface area contributed by atoms with Crippen LogP contribution in [0.4, 0.5) is 5.69 Å². The first-order chi connectivity index (χ1) is 8.51. The molecule has 1 heteroatoms. The van der Waals surface area contributed by atoms with Crippen LogP contribution in [-0.4, -0.2) is 6.54 Å². The number of rotatable bonds is 3. The van der Waals surface area contributed by atoms with Crippen molar-refractivity contribution in [2.45, 2.75) is 66.2 Å². The molecule has 0 atom stereocenters. The fraction of sp³-hybridized carbons (Fsp3) is 0.667. The van der Waals surface area contributed by atoms with E-state index in [0.29, 0.717) is 5.92 Å². The predicted molar refractivity (Wildman–Crippen MR) is 87.2 cm³/mol. The number of benzene rings is 1. The summed E-state index contributed by atoms with van der Waals surface area (Å²) in [6, 6.07) is 6.85. The summed E-state index contributed by atoms with van der Waals surface area (Å²) in [6.45, 7) is 19.3. The van der Waals surface area contributed by atoms with Gasteiger partial charge in [0.2, 0.25) is 0 Å². The van der Waals surface area contributed by atoms with Gasteiger partial charge in [0.1, 0.15) is 0 Å². The number of nitrogens with one attached hydrogen (secondary N) is 1. The maximum absolute atomic E-state index is 3.54. The molecule has 1 N–H and O–H groups in total. The van der Waals surface area contributed by atoms with Gasteiger partial charge in [0.15, 0.2) is 0 Å². The van der Waals surface area contributed by atoms with Gasteiger partial charge in [0, 0.05) is 12.2 Å². The Labute approximate surface area is 119 Å². The number of anilines is 1. The molecule has 0 amide bonds. The van der Waals surface area contributed by atoms with E-state index in [1.807, 2.05) is 0 Å². The molecule has 0 heterocycles. The van der Waals surface area contributed by atoms with E-state index < -0.39 is 0 Å². The lowest BCUT2D eigenvalue weighted by molar-refractivity contribution is 0.530. The van der Waals surface area contributed by atoms with Crippen molar-refractivity contribution in [1.29, 1.82) is 0 Å². The highest BCUT2D eigenvalue weighted by atomic mass is 14.9. The van der Waals surface area contributed by atoms with Crippen LogP contribution in [0.25, 0.3) is 0 Å².